The van der Waals surface area contributed by atoms with E-state index in [1.807, 2.05) is 7.05 Å². The molecule has 18 heavy (non-hydrogen) atoms. The number of anilines is 1. The minimum Gasteiger partial charge on any atom is -0.366 e. The molecule has 2 nitrogen and oxygen atoms in total. The summed E-state index contributed by atoms with van der Waals surface area (Å²) in [6.07, 6.45) is 3.92. The third kappa shape index (κ3) is 2.54. The first-order valence-electron chi connectivity index (χ1n) is 7.19. The summed E-state index contributed by atoms with van der Waals surface area (Å²) in [6.45, 7) is 7.86. The van der Waals surface area contributed by atoms with Gasteiger partial charge in [-0.05, 0) is 57.4 Å². The fourth-order valence-electron chi connectivity index (χ4n) is 3.23. The Hall–Kier alpha value is -1.02. The van der Waals surface area contributed by atoms with E-state index in [0.717, 1.165) is 12.6 Å². The highest BCUT2D eigenvalue weighted by Gasteiger charge is 2.30. The van der Waals surface area contributed by atoms with Crippen LogP contribution in [-0.2, 0) is 6.54 Å². The van der Waals surface area contributed by atoms with E-state index < -0.39 is 0 Å². The normalized spacial score (nSPS) is 23.7. The van der Waals surface area contributed by atoms with Gasteiger partial charge in [0.2, 0.25) is 0 Å². The highest BCUT2D eigenvalue weighted by molar-refractivity contribution is 5.56. The highest BCUT2D eigenvalue weighted by atomic mass is 15.2. The molecule has 2 unspecified atom stereocenters. The van der Waals surface area contributed by atoms with Crippen molar-refractivity contribution >= 4 is 5.69 Å². The van der Waals surface area contributed by atoms with Crippen LogP contribution >= 0.6 is 0 Å². The summed E-state index contributed by atoms with van der Waals surface area (Å²) in [4.78, 5) is 2.64. The molecule has 0 aromatic heterocycles. The van der Waals surface area contributed by atoms with Gasteiger partial charge in [-0.25, -0.2) is 0 Å². The second-order valence-corrected chi connectivity index (χ2v) is 5.55. The first-order valence-corrected chi connectivity index (χ1v) is 7.19. The van der Waals surface area contributed by atoms with E-state index in [1.54, 1.807) is 0 Å². The third-order valence-corrected chi connectivity index (χ3v) is 4.18. The Morgan fingerprint density at radius 2 is 2.11 bits per heavy atom. The lowest BCUT2D eigenvalue weighted by molar-refractivity contribution is 0.626. The number of hydrogen-bond donors (Lipinski definition) is 1. The van der Waals surface area contributed by atoms with Crippen LogP contribution in [0.25, 0.3) is 0 Å². The minimum atomic E-state index is 0.684. The number of aryl methyl sites for hydroxylation is 1. The summed E-state index contributed by atoms with van der Waals surface area (Å²) < 4.78 is 0. The van der Waals surface area contributed by atoms with Crippen LogP contribution in [0.15, 0.2) is 18.2 Å². The lowest BCUT2D eigenvalue weighted by atomic mass is 10.1. The first-order chi connectivity index (χ1) is 8.67. The summed E-state index contributed by atoms with van der Waals surface area (Å²) in [5, 5.41) is 3.22. The smallest absolute Gasteiger partial charge is 0.0401 e. The number of hydrogen-bond acceptors (Lipinski definition) is 2. The van der Waals surface area contributed by atoms with Crippen molar-refractivity contribution in [2.24, 2.45) is 0 Å². The molecule has 2 rings (SSSR count). The Balaban J connectivity index is 2.27. The van der Waals surface area contributed by atoms with Crippen molar-refractivity contribution in [1.82, 2.24) is 5.32 Å². The lowest BCUT2D eigenvalue weighted by Gasteiger charge is -2.32. The topological polar surface area (TPSA) is 15.3 Å². The third-order valence-electron chi connectivity index (χ3n) is 4.18. The van der Waals surface area contributed by atoms with Gasteiger partial charge in [0.1, 0.15) is 0 Å². The molecule has 1 saturated heterocycles. The number of rotatable bonds is 4. The Kier molecular flexibility index (Phi) is 4.28. The summed E-state index contributed by atoms with van der Waals surface area (Å²) in [5.41, 5.74) is 4.22. The lowest BCUT2D eigenvalue weighted by Crippen LogP contribution is -2.34. The van der Waals surface area contributed by atoms with Crippen molar-refractivity contribution in [1.29, 1.82) is 0 Å². The van der Waals surface area contributed by atoms with E-state index in [1.165, 1.54) is 36.1 Å². The van der Waals surface area contributed by atoms with Gasteiger partial charge >= 0.3 is 0 Å². The SMILES string of the molecule is CCC1CCC(C)N1c1ccc(CNC)cc1C. The fraction of sp³-hybridized carbons (Fsp3) is 0.625. The zero-order chi connectivity index (χ0) is 13.1. The number of nitrogens with zero attached hydrogens (tertiary/aromatic N) is 1. The van der Waals surface area contributed by atoms with Gasteiger partial charge in [0.05, 0.1) is 0 Å². The van der Waals surface area contributed by atoms with E-state index in [-0.39, 0.29) is 0 Å². The molecule has 0 bridgehead atoms. The molecular weight excluding hydrogens is 220 g/mol. The van der Waals surface area contributed by atoms with Gasteiger partial charge in [-0.2, -0.15) is 0 Å². The molecule has 1 N–H and O–H groups in total. The van der Waals surface area contributed by atoms with Gasteiger partial charge in [0.15, 0.2) is 0 Å². The van der Waals surface area contributed by atoms with E-state index in [4.69, 9.17) is 0 Å². The first kappa shape index (κ1) is 13.4. The maximum Gasteiger partial charge on any atom is 0.0401 e. The molecule has 0 aliphatic carbocycles. The van der Waals surface area contributed by atoms with Crippen LogP contribution in [0.4, 0.5) is 5.69 Å². The van der Waals surface area contributed by atoms with Crippen molar-refractivity contribution in [3.8, 4) is 0 Å². The number of nitrogens with one attached hydrogen (secondary N) is 1. The maximum atomic E-state index is 3.22. The average molecular weight is 246 g/mol. The van der Waals surface area contributed by atoms with Crippen LogP contribution in [0.3, 0.4) is 0 Å². The van der Waals surface area contributed by atoms with Crippen molar-refractivity contribution in [2.75, 3.05) is 11.9 Å². The Morgan fingerprint density at radius 3 is 2.72 bits per heavy atom. The predicted molar refractivity (Wildman–Crippen MR) is 79.2 cm³/mol. The van der Waals surface area contributed by atoms with Crippen molar-refractivity contribution in [3.63, 3.8) is 0 Å². The van der Waals surface area contributed by atoms with Gasteiger partial charge in [0, 0.05) is 24.3 Å². The van der Waals surface area contributed by atoms with Crippen LogP contribution < -0.4 is 10.2 Å². The molecule has 1 aromatic rings. The molecule has 1 aliphatic heterocycles. The molecule has 0 spiro atoms. The zero-order valence-electron chi connectivity index (χ0n) is 12.2. The summed E-state index contributed by atoms with van der Waals surface area (Å²) >= 11 is 0. The molecule has 1 aromatic carbocycles. The average Bonchev–Trinajstić information content (AvgIpc) is 2.71. The van der Waals surface area contributed by atoms with E-state index >= 15 is 0 Å². The Bertz CT molecular complexity index is 400. The second kappa shape index (κ2) is 5.75. The molecule has 2 heteroatoms. The molecule has 1 fully saturated rings. The molecule has 1 aliphatic rings. The molecular formula is C16H26N2. The quantitative estimate of drug-likeness (QED) is 0.875. The van der Waals surface area contributed by atoms with Crippen molar-refractivity contribution in [2.45, 2.75) is 58.7 Å². The molecule has 0 saturated carbocycles. The van der Waals surface area contributed by atoms with Gasteiger partial charge < -0.3 is 10.2 Å². The van der Waals surface area contributed by atoms with Crippen LogP contribution in [0.5, 0.6) is 0 Å². The van der Waals surface area contributed by atoms with E-state index in [0.29, 0.717) is 6.04 Å². The summed E-state index contributed by atoms with van der Waals surface area (Å²) in [5.74, 6) is 0. The summed E-state index contributed by atoms with van der Waals surface area (Å²) in [7, 11) is 2.00. The Morgan fingerprint density at radius 1 is 1.33 bits per heavy atom. The maximum absolute atomic E-state index is 3.22. The highest BCUT2D eigenvalue weighted by Crippen LogP contribution is 2.34. The predicted octanol–water partition coefficient (Wildman–Crippen LogP) is 3.48. The van der Waals surface area contributed by atoms with E-state index in [2.05, 4.69) is 49.2 Å². The fourth-order valence-corrected chi connectivity index (χ4v) is 3.23. The van der Waals surface area contributed by atoms with Crippen LogP contribution in [-0.4, -0.2) is 19.1 Å². The minimum absolute atomic E-state index is 0.684. The van der Waals surface area contributed by atoms with Gasteiger partial charge in [-0.15, -0.1) is 0 Å². The molecule has 2 atom stereocenters. The zero-order valence-corrected chi connectivity index (χ0v) is 12.2. The number of benzene rings is 1. The molecule has 100 valence electrons. The Labute approximate surface area is 111 Å². The monoisotopic (exact) mass is 246 g/mol. The standard InChI is InChI=1S/C16H26N2/c1-5-15-8-6-13(3)18(15)16-9-7-14(11-17-4)10-12(16)2/h7,9-10,13,15,17H,5-6,8,11H2,1-4H3. The van der Waals surface area contributed by atoms with Crippen molar-refractivity contribution in [3.05, 3.63) is 29.3 Å². The van der Waals surface area contributed by atoms with Gasteiger partial charge in [0.25, 0.3) is 0 Å². The largest absolute Gasteiger partial charge is 0.366 e. The van der Waals surface area contributed by atoms with Crippen LogP contribution in [0.1, 0.15) is 44.2 Å². The summed E-state index contributed by atoms with van der Waals surface area (Å²) in [6, 6.07) is 8.31. The molecule has 1 heterocycles. The van der Waals surface area contributed by atoms with Crippen LogP contribution in [0, 0.1) is 6.92 Å². The van der Waals surface area contributed by atoms with Crippen LogP contribution in [0.2, 0.25) is 0 Å². The molecule has 0 amide bonds. The van der Waals surface area contributed by atoms with Gasteiger partial charge in [-0.3, -0.25) is 0 Å². The second-order valence-electron chi connectivity index (χ2n) is 5.55. The van der Waals surface area contributed by atoms with Gasteiger partial charge in [-0.1, -0.05) is 19.1 Å². The molecule has 0 radical (unpaired) electrons. The van der Waals surface area contributed by atoms with Crippen molar-refractivity contribution < 1.29 is 0 Å². The van der Waals surface area contributed by atoms with E-state index in [9.17, 15) is 0 Å².